The molecule has 2 atom stereocenters. The maximum absolute atomic E-state index is 4.67. The summed E-state index contributed by atoms with van der Waals surface area (Å²) in [6, 6.07) is 8.23. The van der Waals surface area contributed by atoms with Crippen LogP contribution in [0.1, 0.15) is 24.6 Å². The van der Waals surface area contributed by atoms with Gasteiger partial charge in [-0.25, -0.2) is 4.98 Å². The normalized spacial score (nSPS) is 26.1. The van der Waals surface area contributed by atoms with Crippen LogP contribution in [0.25, 0.3) is 11.0 Å². The van der Waals surface area contributed by atoms with Crippen LogP contribution in [0.2, 0.25) is 0 Å². The van der Waals surface area contributed by atoms with Crippen LogP contribution >= 0.6 is 0 Å². The fraction of sp³-hybridized carbons (Fsp3) is 0.385. The number of imidazole rings is 1. The average Bonchev–Trinajstić information content (AvgIpc) is 2.72. The summed E-state index contributed by atoms with van der Waals surface area (Å²) in [6.45, 7) is 2.29. The van der Waals surface area contributed by atoms with Crippen LogP contribution in [0, 0.1) is 7.05 Å². The molecule has 0 spiro atoms. The Balaban J connectivity index is 1.93. The van der Waals surface area contributed by atoms with Crippen molar-refractivity contribution in [1.82, 2.24) is 9.97 Å². The largest absolute Gasteiger partial charge is 0.467 e. The molecule has 2 aromatic rings. The Morgan fingerprint density at radius 2 is 2.25 bits per heavy atom. The molecule has 1 aromatic carbocycles. The van der Waals surface area contributed by atoms with Gasteiger partial charge in [0.05, 0.1) is 30.0 Å². The van der Waals surface area contributed by atoms with Crippen LogP contribution in [0.3, 0.4) is 0 Å². The highest BCUT2D eigenvalue weighted by Crippen LogP contribution is 2.21. The molecule has 2 unspecified atom stereocenters. The van der Waals surface area contributed by atoms with Crippen molar-refractivity contribution in [3.05, 3.63) is 37.1 Å². The summed E-state index contributed by atoms with van der Waals surface area (Å²) in [6.07, 6.45) is 2.49. The topological polar surface area (TPSA) is 33.1 Å². The molecule has 1 saturated heterocycles. The first kappa shape index (κ1) is 9.85. The van der Waals surface area contributed by atoms with E-state index >= 15 is 0 Å². The van der Waals surface area contributed by atoms with Gasteiger partial charge in [0, 0.05) is 0 Å². The molecule has 0 amide bonds. The second-order valence-electron chi connectivity index (χ2n) is 4.68. The fourth-order valence-electron chi connectivity index (χ4n) is 2.55. The number of H-pyrrole nitrogens is 1. The van der Waals surface area contributed by atoms with Crippen molar-refractivity contribution in [2.75, 3.05) is 13.1 Å². The van der Waals surface area contributed by atoms with Gasteiger partial charge in [0.15, 0.2) is 0 Å². The Bertz CT molecular complexity index is 456. The first-order valence-electron chi connectivity index (χ1n) is 5.94. The standard InChI is InChI=1S/C13H17N3/c1-16-8-4-5-10(9-16)13-14-11-6-2-3-7-12(11)15-13/h2-3,6-7,10,16H,1,4-5,8-9H2,(H,14,15). The second-order valence-corrected chi connectivity index (χ2v) is 4.68. The number of para-hydroxylation sites is 2. The number of benzene rings is 1. The first-order chi connectivity index (χ1) is 7.83. The Hall–Kier alpha value is -1.35. The summed E-state index contributed by atoms with van der Waals surface area (Å²) < 4.78 is 0. The van der Waals surface area contributed by atoms with Gasteiger partial charge < -0.3 is 9.88 Å². The van der Waals surface area contributed by atoms with Gasteiger partial charge in [0.1, 0.15) is 5.82 Å². The summed E-state index contributed by atoms with van der Waals surface area (Å²) >= 11 is 0. The third-order valence-electron chi connectivity index (χ3n) is 3.41. The minimum atomic E-state index is 0.550. The third kappa shape index (κ3) is 1.71. The number of quaternary nitrogens is 1. The number of aromatic amines is 1. The van der Waals surface area contributed by atoms with Crippen molar-refractivity contribution in [1.29, 1.82) is 0 Å². The van der Waals surface area contributed by atoms with Gasteiger partial charge in [-0.15, -0.1) is 0 Å². The number of likely N-dealkylation sites (tertiary alicyclic amines) is 1. The lowest BCUT2D eigenvalue weighted by Gasteiger charge is -2.30. The van der Waals surface area contributed by atoms with E-state index in [1.807, 2.05) is 12.1 Å². The maximum Gasteiger partial charge on any atom is 0.115 e. The molecule has 3 nitrogen and oxygen atoms in total. The first-order valence-corrected chi connectivity index (χ1v) is 5.94. The van der Waals surface area contributed by atoms with E-state index in [1.165, 1.54) is 24.3 Å². The van der Waals surface area contributed by atoms with Crippen molar-refractivity contribution < 1.29 is 4.90 Å². The Kier molecular flexibility index (Phi) is 2.40. The highest BCUT2D eigenvalue weighted by molar-refractivity contribution is 5.74. The van der Waals surface area contributed by atoms with E-state index in [2.05, 4.69) is 29.1 Å². The van der Waals surface area contributed by atoms with Gasteiger partial charge in [-0.05, 0) is 25.0 Å². The molecule has 0 aliphatic carbocycles. The highest BCUT2D eigenvalue weighted by Gasteiger charge is 2.22. The molecular weight excluding hydrogens is 198 g/mol. The van der Waals surface area contributed by atoms with Crippen LogP contribution in [-0.2, 0) is 0 Å². The smallest absolute Gasteiger partial charge is 0.115 e. The summed E-state index contributed by atoms with van der Waals surface area (Å²) in [4.78, 5) is 9.48. The Morgan fingerprint density at radius 1 is 1.38 bits per heavy atom. The summed E-state index contributed by atoms with van der Waals surface area (Å²) in [5.74, 6) is 1.69. The minimum Gasteiger partial charge on any atom is -0.467 e. The van der Waals surface area contributed by atoms with Gasteiger partial charge in [-0.3, -0.25) is 0 Å². The average molecular weight is 215 g/mol. The van der Waals surface area contributed by atoms with Crippen LogP contribution in [-0.4, -0.2) is 23.1 Å². The van der Waals surface area contributed by atoms with Crippen LogP contribution < -0.4 is 4.90 Å². The molecule has 0 bridgehead atoms. The van der Waals surface area contributed by atoms with Crippen LogP contribution in [0.5, 0.6) is 0 Å². The van der Waals surface area contributed by atoms with E-state index in [0.29, 0.717) is 5.92 Å². The van der Waals surface area contributed by atoms with Crippen molar-refractivity contribution in [3.63, 3.8) is 0 Å². The maximum atomic E-state index is 4.67. The number of nitrogens with zero attached hydrogens (tertiary/aromatic N) is 1. The number of nitrogens with one attached hydrogen (secondary N) is 2. The summed E-state index contributed by atoms with van der Waals surface area (Å²) in [7, 11) is 4.10. The van der Waals surface area contributed by atoms with E-state index < -0.39 is 0 Å². The molecule has 1 aliphatic rings. The predicted molar refractivity (Wildman–Crippen MR) is 64.1 cm³/mol. The van der Waals surface area contributed by atoms with E-state index in [-0.39, 0.29) is 0 Å². The lowest BCUT2D eigenvalue weighted by atomic mass is 9.98. The molecular formula is C13H17N3. The zero-order valence-electron chi connectivity index (χ0n) is 9.37. The Labute approximate surface area is 95.5 Å². The molecule has 1 aliphatic heterocycles. The number of hydrogen-bond donors (Lipinski definition) is 2. The molecule has 1 aromatic heterocycles. The molecule has 84 valence electrons. The monoisotopic (exact) mass is 215 g/mol. The van der Waals surface area contributed by atoms with E-state index in [1.54, 1.807) is 0 Å². The van der Waals surface area contributed by atoms with Gasteiger partial charge in [-0.2, -0.15) is 7.05 Å². The number of hydrogen-bond acceptors (Lipinski definition) is 1. The quantitative estimate of drug-likeness (QED) is 0.687. The fourth-order valence-corrected chi connectivity index (χ4v) is 2.55. The van der Waals surface area contributed by atoms with Crippen LogP contribution in [0.4, 0.5) is 0 Å². The molecule has 0 radical (unpaired) electrons. The van der Waals surface area contributed by atoms with E-state index in [4.69, 9.17) is 0 Å². The number of rotatable bonds is 1. The second kappa shape index (κ2) is 3.91. The molecule has 3 heteroatoms. The van der Waals surface area contributed by atoms with Gasteiger partial charge >= 0.3 is 0 Å². The summed E-state index contributed by atoms with van der Waals surface area (Å²) in [5.41, 5.74) is 2.22. The van der Waals surface area contributed by atoms with Crippen molar-refractivity contribution in [3.8, 4) is 0 Å². The molecule has 2 N–H and O–H groups in total. The van der Waals surface area contributed by atoms with Crippen molar-refractivity contribution in [2.45, 2.75) is 18.8 Å². The zero-order valence-corrected chi connectivity index (χ0v) is 9.37. The SMILES string of the molecule is [CH2-][NH+]1CCCC(c2nc3ccccc3[nH]2)C1. The van der Waals surface area contributed by atoms with Crippen molar-refractivity contribution >= 4 is 11.0 Å². The van der Waals surface area contributed by atoms with E-state index in [9.17, 15) is 0 Å². The van der Waals surface area contributed by atoms with Crippen molar-refractivity contribution in [2.24, 2.45) is 0 Å². The lowest BCUT2D eigenvalue weighted by Crippen LogP contribution is -3.08. The summed E-state index contributed by atoms with van der Waals surface area (Å²) in [5, 5.41) is 0. The number of aromatic nitrogens is 2. The number of piperidine rings is 1. The van der Waals surface area contributed by atoms with E-state index in [0.717, 1.165) is 23.4 Å². The zero-order chi connectivity index (χ0) is 11.0. The van der Waals surface area contributed by atoms with Gasteiger partial charge in [0.2, 0.25) is 0 Å². The minimum absolute atomic E-state index is 0.550. The predicted octanol–water partition coefficient (Wildman–Crippen LogP) is 1.12. The highest BCUT2D eigenvalue weighted by atomic mass is 15.1. The molecule has 1 fully saturated rings. The van der Waals surface area contributed by atoms with Gasteiger partial charge in [0.25, 0.3) is 0 Å². The number of fused-ring (bicyclic) bond motifs is 1. The third-order valence-corrected chi connectivity index (χ3v) is 3.41. The molecule has 3 rings (SSSR count). The van der Waals surface area contributed by atoms with Gasteiger partial charge in [-0.1, -0.05) is 12.1 Å². The lowest BCUT2D eigenvalue weighted by molar-refractivity contribution is -0.860. The molecule has 0 saturated carbocycles. The molecule has 2 heterocycles. The van der Waals surface area contributed by atoms with Crippen LogP contribution in [0.15, 0.2) is 24.3 Å². The Morgan fingerprint density at radius 3 is 3.06 bits per heavy atom. The molecule has 16 heavy (non-hydrogen) atoms.